The SMILES string of the molecule is CC1=CCN(C(=O)N2CCC(CC(=O)O)CC2)CC1. The molecule has 0 aliphatic carbocycles. The quantitative estimate of drug-likeness (QED) is 0.777. The lowest BCUT2D eigenvalue weighted by Crippen LogP contribution is -2.48. The lowest BCUT2D eigenvalue weighted by molar-refractivity contribution is -0.138. The van der Waals surface area contributed by atoms with Crippen LogP contribution >= 0.6 is 0 Å². The number of carbonyl (C=O) groups is 2. The summed E-state index contributed by atoms with van der Waals surface area (Å²) in [5, 5.41) is 8.77. The lowest BCUT2D eigenvalue weighted by atomic mass is 9.94. The van der Waals surface area contributed by atoms with Gasteiger partial charge in [0, 0.05) is 32.6 Å². The predicted molar refractivity (Wildman–Crippen MR) is 71.9 cm³/mol. The lowest BCUT2D eigenvalue weighted by Gasteiger charge is -2.36. The topological polar surface area (TPSA) is 60.9 Å². The summed E-state index contributed by atoms with van der Waals surface area (Å²) in [7, 11) is 0. The molecule has 5 nitrogen and oxygen atoms in total. The van der Waals surface area contributed by atoms with Crippen molar-refractivity contribution in [1.82, 2.24) is 9.80 Å². The summed E-state index contributed by atoms with van der Waals surface area (Å²) in [6, 6.07) is 0.109. The number of rotatable bonds is 2. The smallest absolute Gasteiger partial charge is 0.320 e. The van der Waals surface area contributed by atoms with E-state index in [0.29, 0.717) is 19.6 Å². The number of aliphatic carboxylic acids is 1. The Bertz CT molecular complexity index is 384. The van der Waals surface area contributed by atoms with Gasteiger partial charge >= 0.3 is 12.0 Å². The second-order valence-corrected chi connectivity index (χ2v) is 5.56. The highest BCUT2D eigenvalue weighted by molar-refractivity contribution is 5.75. The number of piperidine rings is 1. The van der Waals surface area contributed by atoms with Crippen LogP contribution in [0.15, 0.2) is 11.6 Å². The van der Waals surface area contributed by atoms with Gasteiger partial charge in [0.2, 0.25) is 0 Å². The standard InChI is InChI=1S/C14H22N2O3/c1-11-2-6-15(7-3-11)14(19)16-8-4-12(5-9-16)10-13(17)18/h2,12H,3-10H2,1H3,(H,17,18). The number of nitrogens with zero attached hydrogens (tertiary/aromatic N) is 2. The van der Waals surface area contributed by atoms with Gasteiger partial charge in [-0.05, 0) is 32.1 Å². The fourth-order valence-electron chi connectivity index (χ4n) is 2.72. The Morgan fingerprint density at radius 3 is 2.47 bits per heavy atom. The molecule has 2 aliphatic rings. The first-order valence-corrected chi connectivity index (χ1v) is 6.97. The van der Waals surface area contributed by atoms with Crippen molar-refractivity contribution >= 4 is 12.0 Å². The van der Waals surface area contributed by atoms with Crippen molar-refractivity contribution in [3.8, 4) is 0 Å². The fourth-order valence-corrected chi connectivity index (χ4v) is 2.72. The number of carboxylic acids is 1. The highest BCUT2D eigenvalue weighted by atomic mass is 16.4. The van der Waals surface area contributed by atoms with Crippen molar-refractivity contribution in [3.05, 3.63) is 11.6 Å². The average molecular weight is 266 g/mol. The van der Waals surface area contributed by atoms with Crippen LogP contribution in [0.4, 0.5) is 4.79 Å². The Hall–Kier alpha value is -1.52. The minimum absolute atomic E-state index is 0.109. The van der Waals surface area contributed by atoms with Crippen molar-refractivity contribution in [1.29, 1.82) is 0 Å². The molecule has 0 saturated carbocycles. The van der Waals surface area contributed by atoms with E-state index in [1.165, 1.54) is 5.57 Å². The normalized spacial score (nSPS) is 21.2. The Balaban J connectivity index is 1.81. The molecule has 2 heterocycles. The van der Waals surface area contributed by atoms with Gasteiger partial charge < -0.3 is 14.9 Å². The largest absolute Gasteiger partial charge is 0.481 e. The first-order valence-electron chi connectivity index (χ1n) is 6.97. The zero-order chi connectivity index (χ0) is 13.8. The summed E-state index contributed by atoms with van der Waals surface area (Å²) < 4.78 is 0. The highest BCUT2D eigenvalue weighted by Crippen LogP contribution is 2.22. The maximum absolute atomic E-state index is 12.3. The van der Waals surface area contributed by atoms with Crippen LogP contribution in [0, 0.1) is 5.92 Å². The van der Waals surface area contributed by atoms with E-state index in [1.807, 2.05) is 9.80 Å². The van der Waals surface area contributed by atoms with Crippen LogP contribution in [0.1, 0.15) is 32.6 Å². The van der Waals surface area contributed by atoms with E-state index in [2.05, 4.69) is 13.0 Å². The number of likely N-dealkylation sites (tertiary alicyclic amines) is 1. The second-order valence-electron chi connectivity index (χ2n) is 5.56. The molecular weight excluding hydrogens is 244 g/mol. The minimum Gasteiger partial charge on any atom is -0.481 e. The molecule has 2 amide bonds. The van der Waals surface area contributed by atoms with Crippen LogP contribution in [0.3, 0.4) is 0 Å². The molecule has 106 valence electrons. The van der Waals surface area contributed by atoms with Gasteiger partial charge in [-0.2, -0.15) is 0 Å². The van der Waals surface area contributed by atoms with Crippen LogP contribution in [0.5, 0.6) is 0 Å². The molecule has 0 unspecified atom stereocenters. The first kappa shape index (κ1) is 13.9. The van der Waals surface area contributed by atoms with Crippen molar-refractivity contribution < 1.29 is 14.7 Å². The number of hydrogen-bond donors (Lipinski definition) is 1. The summed E-state index contributed by atoms with van der Waals surface area (Å²) in [6.07, 6.45) is 4.91. The molecule has 2 rings (SSSR count). The van der Waals surface area contributed by atoms with Gasteiger partial charge in [0.1, 0.15) is 0 Å². The van der Waals surface area contributed by atoms with Gasteiger partial charge in [-0.15, -0.1) is 0 Å². The van der Waals surface area contributed by atoms with Gasteiger partial charge in [-0.25, -0.2) is 4.79 Å². The second kappa shape index (κ2) is 6.08. The van der Waals surface area contributed by atoms with E-state index in [0.717, 1.165) is 25.8 Å². The number of carboxylic acid groups (broad SMARTS) is 1. The molecule has 19 heavy (non-hydrogen) atoms. The molecule has 1 fully saturated rings. The summed E-state index contributed by atoms with van der Waals surface area (Å²) in [5.74, 6) is -0.508. The molecule has 0 aromatic rings. The Morgan fingerprint density at radius 1 is 1.26 bits per heavy atom. The van der Waals surface area contributed by atoms with Crippen LogP contribution < -0.4 is 0 Å². The van der Waals surface area contributed by atoms with E-state index in [4.69, 9.17) is 5.11 Å². The van der Waals surface area contributed by atoms with Gasteiger partial charge in [-0.1, -0.05) is 11.6 Å². The van der Waals surface area contributed by atoms with Crippen LogP contribution in [-0.4, -0.2) is 53.1 Å². The first-order chi connectivity index (χ1) is 9.06. The Morgan fingerprint density at radius 2 is 1.95 bits per heavy atom. The molecule has 1 N–H and O–H groups in total. The summed E-state index contributed by atoms with van der Waals surface area (Å²) >= 11 is 0. The van der Waals surface area contributed by atoms with Gasteiger partial charge in [-0.3, -0.25) is 4.79 Å². The van der Waals surface area contributed by atoms with Crippen LogP contribution in [0.25, 0.3) is 0 Å². The Labute approximate surface area is 113 Å². The molecule has 5 heteroatoms. The maximum atomic E-state index is 12.3. The number of carbonyl (C=O) groups excluding carboxylic acids is 1. The molecule has 0 spiro atoms. The molecule has 0 radical (unpaired) electrons. The monoisotopic (exact) mass is 266 g/mol. The molecule has 1 saturated heterocycles. The van der Waals surface area contributed by atoms with E-state index in [-0.39, 0.29) is 18.4 Å². The average Bonchev–Trinajstić information content (AvgIpc) is 2.39. The van der Waals surface area contributed by atoms with Gasteiger partial charge in [0.25, 0.3) is 0 Å². The van der Waals surface area contributed by atoms with Crippen molar-refractivity contribution in [2.24, 2.45) is 5.92 Å². The Kier molecular flexibility index (Phi) is 4.45. The summed E-state index contributed by atoms with van der Waals surface area (Å²) in [6.45, 7) is 4.99. The van der Waals surface area contributed by atoms with Crippen molar-refractivity contribution in [2.75, 3.05) is 26.2 Å². The number of urea groups is 1. The fraction of sp³-hybridized carbons (Fsp3) is 0.714. The number of hydrogen-bond acceptors (Lipinski definition) is 2. The third kappa shape index (κ3) is 3.72. The molecule has 0 bridgehead atoms. The van der Waals surface area contributed by atoms with Crippen LogP contribution in [0.2, 0.25) is 0 Å². The van der Waals surface area contributed by atoms with Gasteiger partial charge in [0.15, 0.2) is 0 Å². The summed E-state index contributed by atoms with van der Waals surface area (Å²) in [4.78, 5) is 26.7. The zero-order valence-electron chi connectivity index (χ0n) is 11.5. The molecular formula is C14H22N2O3. The van der Waals surface area contributed by atoms with Gasteiger partial charge in [0.05, 0.1) is 0 Å². The maximum Gasteiger partial charge on any atom is 0.320 e. The minimum atomic E-state index is -0.735. The summed E-state index contributed by atoms with van der Waals surface area (Å²) in [5.41, 5.74) is 1.35. The van der Waals surface area contributed by atoms with E-state index >= 15 is 0 Å². The van der Waals surface area contributed by atoms with Crippen LogP contribution in [-0.2, 0) is 4.79 Å². The van der Waals surface area contributed by atoms with Crippen molar-refractivity contribution in [2.45, 2.75) is 32.6 Å². The molecule has 0 aromatic carbocycles. The highest BCUT2D eigenvalue weighted by Gasteiger charge is 2.27. The van der Waals surface area contributed by atoms with E-state index < -0.39 is 5.97 Å². The van der Waals surface area contributed by atoms with E-state index in [9.17, 15) is 9.59 Å². The molecule has 0 atom stereocenters. The predicted octanol–water partition coefficient (Wildman–Crippen LogP) is 1.95. The third-order valence-electron chi connectivity index (χ3n) is 4.06. The number of amides is 2. The molecule has 2 aliphatic heterocycles. The third-order valence-corrected chi connectivity index (χ3v) is 4.06. The van der Waals surface area contributed by atoms with E-state index in [1.54, 1.807) is 0 Å². The zero-order valence-corrected chi connectivity index (χ0v) is 11.5. The molecule has 0 aromatic heterocycles. The van der Waals surface area contributed by atoms with Crippen molar-refractivity contribution in [3.63, 3.8) is 0 Å².